The zero-order valence-electron chi connectivity index (χ0n) is 13.6. The molecule has 23 heavy (non-hydrogen) atoms. The first-order chi connectivity index (χ1) is 11.3. The molecule has 0 amide bonds. The van der Waals surface area contributed by atoms with Crippen LogP contribution in [0.3, 0.4) is 0 Å². The third kappa shape index (κ3) is 3.34. The molecule has 6 heteroatoms. The van der Waals surface area contributed by atoms with Gasteiger partial charge in [0, 0.05) is 38.5 Å². The van der Waals surface area contributed by atoms with Crippen LogP contribution >= 0.6 is 0 Å². The van der Waals surface area contributed by atoms with Gasteiger partial charge in [-0.05, 0) is 25.6 Å². The fraction of sp³-hybridized carbons (Fsp3) is 0.588. The van der Waals surface area contributed by atoms with E-state index in [0.717, 1.165) is 63.8 Å². The summed E-state index contributed by atoms with van der Waals surface area (Å²) in [5.41, 5.74) is 1.14. The Kier molecular flexibility index (Phi) is 4.20. The lowest BCUT2D eigenvalue weighted by atomic mass is 10.2. The van der Waals surface area contributed by atoms with Crippen LogP contribution in [0, 0.1) is 0 Å². The Labute approximate surface area is 136 Å². The first kappa shape index (κ1) is 14.9. The number of rotatable bonds is 5. The number of furan rings is 1. The van der Waals surface area contributed by atoms with E-state index in [2.05, 4.69) is 27.6 Å². The minimum Gasteiger partial charge on any atom is -0.468 e. The summed E-state index contributed by atoms with van der Waals surface area (Å²) in [4.78, 5) is 9.60. The van der Waals surface area contributed by atoms with Crippen molar-refractivity contribution in [1.29, 1.82) is 0 Å². The van der Waals surface area contributed by atoms with Crippen molar-refractivity contribution in [2.45, 2.75) is 38.6 Å². The summed E-state index contributed by atoms with van der Waals surface area (Å²) in [6, 6.07) is 4.52. The van der Waals surface area contributed by atoms with Crippen molar-refractivity contribution in [3.05, 3.63) is 41.9 Å². The van der Waals surface area contributed by atoms with E-state index in [9.17, 15) is 0 Å². The van der Waals surface area contributed by atoms with Gasteiger partial charge in [0.25, 0.3) is 0 Å². The molecule has 4 rings (SSSR count). The van der Waals surface area contributed by atoms with E-state index in [1.165, 1.54) is 5.82 Å². The van der Waals surface area contributed by atoms with Crippen molar-refractivity contribution in [1.82, 2.24) is 19.4 Å². The number of nitrogens with zero attached hydrogens (tertiary/aromatic N) is 4. The Bertz CT molecular complexity index is 631. The van der Waals surface area contributed by atoms with Crippen molar-refractivity contribution in [2.24, 2.45) is 0 Å². The molecule has 2 aromatic heterocycles. The van der Waals surface area contributed by atoms with E-state index in [1.54, 1.807) is 6.26 Å². The predicted octanol–water partition coefficient (Wildman–Crippen LogP) is 1.71. The normalized spacial score (nSPS) is 21.9. The monoisotopic (exact) mass is 316 g/mol. The molecular formula is C17H24N4O2. The molecule has 1 fully saturated rings. The Balaban J connectivity index is 1.38. The van der Waals surface area contributed by atoms with Gasteiger partial charge in [-0.3, -0.25) is 9.80 Å². The molecule has 6 nitrogen and oxygen atoms in total. The molecule has 0 radical (unpaired) electrons. The van der Waals surface area contributed by atoms with Crippen LogP contribution in [0.5, 0.6) is 0 Å². The molecule has 0 bridgehead atoms. The first-order valence-electron chi connectivity index (χ1n) is 8.35. The predicted molar refractivity (Wildman–Crippen MR) is 85.7 cm³/mol. The zero-order chi connectivity index (χ0) is 15.6. The lowest BCUT2D eigenvalue weighted by Gasteiger charge is -2.31. The molecule has 2 aliphatic heterocycles. The summed E-state index contributed by atoms with van der Waals surface area (Å²) < 4.78 is 13.2. The van der Waals surface area contributed by atoms with E-state index < -0.39 is 0 Å². The molecule has 2 aromatic rings. The minimum atomic E-state index is 0.575. The second kappa shape index (κ2) is 6.47. The SMILES string of the molecule is CN(Cc1cn2c(n1)CN([C@H]1CCOC1)CC2)Cc1ccco1. The number of fused-ring (bicyclic) bond motifs is 1. The first-order valence-corrected chi connectivity index (χ1v) is 8.35. The highest BCUT2D eigenvalue weighted by Crippen LogP contribution is 2.20. The second-order valence-electron chi connectivity index (χ2n) is 6.58. The van der Waals surface area contributed by atoms with Gasteiger partial charge in [0.05, 0.1) is 31.7 Å². The molecule has 2 aliphatic rings. The summed E-state index contributed by atoms with van der Waals surface area (Å²) in [7, 11) is 2.10. The van der Waals surface area contributed by atoms with E-state index in [1.807, 2.05) is 12.1 Å². The molecule has 1 atom stereocenters. The molecule has 0 aromatic carbocycles. The van der Waals surface area contributed by atoms with Gasteiger partial charge in [0.1, 0.15) is 11.6 Å². The highest BCUT2D eigenvalue weighted by Gasteiger charge is 2.27. The van der Waals surface area contributed by atoms with Crippen LogP contribution in [0.4, 0.5) is 0 Å². The Morgan fingerprint density at radius 1 is 1.35 bits per heavy atom. The van der Waals surface area contributed by atoms with Crippen LogP contribution in [0.25, 0.3) is 0 Å². The summed E-state index contributed by atoms with van der Waals surface area (Å²) >= 11 is 0. The second-order valence-corrected chi connectivity index (χ2v) is 6.58. The molecule has 0 aliphatic carbocycles. The third-order valence-corrected chi connectivity index (χ3v) is 4.74. The molecule has 0 spiro atoms. The van der Waals surface area contributed by atoms with Crippen LogP contribution in [0.15, 0.2) is 29.0 Å². The van der Waals surface area contributed by atoms with Gasteiger partial charge in [-0.15, -0.1) is 0 Å². The van der Waals surface area contributed by atoms with Gasteiger partial charge in [-0.25, -0.2) is 4.98 Å². The number of hydrogen-bond donors (Lipinski definition) is 0. The topological polar surface area (TPSA) is 46.7 Å². The lowest BCUT2D eigenvalue weighted by molar-refractivity contribution is 0.121. The van der Waals surface area contributed by atoms with Gasteiger partial charge >= 0.3 is 0 Å². The van der Waals surface area contributed by atoms with Crippen LogP contribution in [-0.2, 0) is 30.9 Å². The Morgan fingerprint density at radius 3 is 3.09 bits per heavy atom. The van der Waals surface area contributed by atoms with Crippen LogP contribution < -0.4 is 0 Å². The highest BCUT2D eigenvalue weighted by molar-refractivity contribution is 5.07. The molecule has 0 unspecified atom stereocenters. The van der Waals surface area contributed by atoms with Crippen molar-refractivity contribution in [3.63, 3.8) is 0 Å². The Hall–Kier alpha value is -1.63. The minimum absolute atomic E-state index is 0.575. The molecule has 124 valence electrons. The van der Waals surface area contributed by atoms with Gasteiger partial charge in [0.2, 0.25) is 0 Å². The smallest absolute Gasteiger partial charge is 0.123 e. The molecule has 0 saturated carbocycles. The molecule has 1 saturated heterocycles. The largest absolute Gasteiger partial charge is 0.468 e. The fourth-order valence-corrected chi connectivity index (χ4v) is 3.53. The molecular weight excluding hydrogens is 292 g/mol. The summed E-state index contributed by atoms with van der Waals surface area (Å²) in [6.07, 6.45) is 5.08. The number of hydrogen-bond acceptors (Lipinski definition) is 5. The molecule has 4 heterocycles. The van der Waals surface area contributed by atoms with E-state index >= 15 is 0 Å². The number of imidazole rings is 1. The summed E-state index contributed by atoms with van der Waals surface area (Å²) in [5, 5.41) is 0. The maximum atomic E-state index is 5.52. The van der Waals surface area contributed by atoms with Crippen LogP contribution in [0.1, 0.15) is 23.7 Å². The van der Waals surface area contributed by atoms with E-state index in [0.29, 0.717) is 6.04 Å². The standard InChI is InChI=1S/C17H24N4O2/c1-19(11-16-3-2-7-23-16)9-14-10-21-6-5-20(12-17(21)18-14)15-4-8-22-13-15/h2-3,7,10,15H,4-6,8-9,11-13H2,1H3/t15-/m0/s1. The quantitative estimate of drug-likeness (QED) is 0.840. The van der Waals surface area contributed by atoms with Crippen molar-refractivity contribution in [2.75, 3.05) is 26.8 Å². The van der Waals surface area contributed by atoms with Gasteiger partial charge in [-0.2, -0.15) is 0 Å². The molecule has 0 N–H and O–H groups in total. The van der Waals surface area contributed by atoms with Gasteiger partial charge in [-0.1, -0.05) is 0 Å². The van der Waals surface area contributed by atoms with Crippen LogP contribution in [-0.4, -0.2) is 52.2 Å². The van der Waals surface area contributed by atoms with Gasteiger partial charge < -0.3 is 13.7 Å². The third-order valence-electron chi connectivity index (χ3n) is 4.74. The lowest BCUT2D eigenvalue weighted by Crippen LogP contribution is -2.41. The van der Waals surface area contributed by atoms with Crippen LogP contribution in [0.2, 0.25) is 0 Å². The number of aromatic nitrogens is 2. The van der Waals surface area contributed by atoms with Gasteiger partial charge in [0.15, 0.2) is 0 Å². The van der Waals surface area contributed by atoms with Crippen molar-refractivity contribution >= 4 is 0 Å². The highest BCUT2D eigenvalue weighted by atomic mass is 16.5. The maximum absolute atomic E-state index is 5.52. The zero-order valence-corrected chi connectivity index (χ0v) is 13.6. The average Bonchev–Trinajstić information content (AvgIpc) is 3.27. The van der Waals surface area contributed by atoms with Crippen molar-refractivity contribution in [3.8, 4) is 0 Å². The maximum Gasteiger partial charge on any atom is 0.123 e. The Morgan fingerprint density at radius 2 is 2.30 bits per heavy atom. The average molecular weight is 316 g/mol. The van der Waals surface area contributed by atoms with E-state index in [-0.39, 0.29) is 0 Å². The van der Waals surface area contributed by atoms with E-state index in [4.69, 9.17) is 14.1 Å². The summed E-state index contributed by atoms with van der Waals surface area (Å²) in [6.45, 7) is 6.49. The van der Waals surface area contributed by atoms with Crippen molar-refractivity contribution < 1.29 is 9.15 Å². The number of ether oxygens (including phenoxy) is 1. The fourth-order valence-electron chi connectivity index (χ4n) is 3.53. The summed E-state index contributed by atoms with van der Waals surface area (Å²) in [5.74, 6) is 2.17.